The van der Waals surface area contributed by atoms with Gasteiger partial charge in [0.15, 0.2) is 0 Å². The Morgan fingerprint density at radius 2 is 0.619 bits per heavy atom. The molecule has 18 heteroatoms. The third-order valence-electron chi connectivity index (χ3n) is 25.6. The van der Waals surface area contributed by atoms with E-state index in [1.807, 2.05) is 77.0 Å². The predicted octanol–water partition coefficient (Wildman–Crippen LogP) is 13.9. The number of aliphatic hydroxyl groups excluding tert-OH is 6. The Labute approximate surface area is 631 Å². The second-order valence-corrected chi connectivity index (χ2v) is 35.6. The summed E-state index contributed by atoms with van der Waals surface area (Å²) in [5, 5.41) is 63.3. The summed E-state index contributed by atoms with van der Waals surface area (Å²) in [6, 6.07) is 0. The maximum absolute atomic E-state index is 12.9. The lowest BCUT2D eigenvalue weighted by atomic mass is 9.65. The summed E-state index contributed by atoms with van der Waals surface area (Å²) in [6.45, 7) is 35.4. The number of likely N-dealkylation sites (tertiary alicyclic amines) is 3. The minimum Gasteiger partial charge on any atom is -0.461 e. The van der Waals surface area contributed by atoms with Gasteiger partial charge in [0.25, 0.3) is 0 Å². The fraction of sp³-hybridized carbons (Fsp3) is 0.793. The van der Waals surface area contributed by atoms with Gasteiger partial charge in [0.2, 0.25) is 17.7 Å². The molecule has 21 unspecified atom stereocenters. The maximum Gasteiger partial charge on any atom is 0.311 e. The van der Waals surface area contributed by atoms with E-state index < -0.39 is 52.9 Å². The Balaban J connectivity index is 0.000000220. The number of carbonyl (C=O) groups excluding carboxylic acids is 6. The molecule has 3 heterocycles. The summed E-state index contributed by atoms with van der Waals surface area (Å²) in [4.78, 5) is 81.2. The summed E-state index contributed by atoms with van der Waals surface area (Å²) < 4.78 is 18.5. The maximum atomic E-state index is 12.9. The van der Waals surface area contributed by atoms with Gasteiger partial charge in [-0.15, -0.1) is 0 Å². The molecule has 9 rings (SSSR count). The van der Waals surface area contributed by atoms with E-state index in [4.69, 9.17) is 14.2 Å². The average molecular weight is 1470 g/mol. The molecule has 3 amide bonds. The quantitative estimate of drug-likeness (QED) is 0.0289. The van der Waals surface area contributed by atoms with E-state index in [2.05, 4.69) is 96.2 Å². The SMILES string of the molecule is CCC(C)(C)C(=O)OC1CC(C)C=C2C=CC(C)C(CCC(O)CC(O)CC(=O)N3CCCC3)C21.CCC(C)(C)C(=O)OC1CC(C)C=C2C=CC(C)C(CCC(O)CC(O)CC(=O)N3CCCC3)C21.CCC(C)(C)C(=O)OC1CC(C)C=C2C=CC(C)C(CCC(O)CC(O)CC(=O)N3CCCC3)C21. The van der Waals surface area contributed by atoms with E-state index in [0.29, 0.717) is 54.8 Å². The summed E-state index contributed by atoms with van der Waals surface area (Å²) >= 11 is 0. The van der Waals surface area contributed by atoms with Crippen LogP contribution in [0.5, 0.6) is 0 Å². The van der Waals surface area contributed by atoms with Crippen LogP contribution in [0.15, 0.2) is 71.4 Å². The number of nitrogens with zero attached hydrogens (tertiary/aromatic N) is 3. The van der Waals surface area contributed by atoms with Gasteiger partial charge in [-0.2, -0.15) is 0 Å². The van der Waals surface area contributed by atoms with Gasteiger partial charge < -0.3 is 59.5 Å². The lowest BCUT2D eigenvalue weighted by Crippen LogP contribution is -2.43. The second-order valence-electron chi connectivity index (χ2n) is 35.6. The van der Waals surface area contributed by atoms with Crippen LogP contribution in [-0.4, -0.2) is 175 Å². The Bertz CT molecular complexity index is 2700. The van der Waals surface area contributed by atoms with Crippen molar-refractivity contribution in [1.82, 2.24) is 14.7 Å². The van der Waals surface area contributed by atoms with Crippen LogP contribution < -0.4 is 0 Å². The van der Waals surface area contributed by atoms with Crippen LogP contribution in [0.1, 0.15) is 258 Å². The largest absolute Gasteiger partial charge is 0.461 e. The van der Waals surface area contributed by atoms with E-state index in [1.54, 1.807) is 0 Å². The highest BCUT2D eigenvalue weighted by molar-refractivity contribution is 5.79. The Hall–Kier alpha value is -4.98. The Kier molecular flexibility index (Phi) is 33.3. The molecule has 3 aliphatic heterocycles. The molecule has 21 atom stereocenters. The van der Waals surface area contributed by atoms with Gasteiger partial charge in [-0.1, -0.05) is 117 Å². The molecular weight excluding hydrogens is 1330 g/mol. The third kappa shape index (κ3) is 25.0. The number of hydrogen-bond acceptors (Lipinski definition) is 15. The Morgan fingerprint density at radius 3 is 0.838 bits per heavy atom. The number of hydrogen-bond donors (Lipinski definition) is 6. The third-order valence-corrected chi connectivity index (χ3v) is 25.6. The highest BCUT2D eigenvalue weighted by Gasteiger charge is 2.47. The van der Waals surface area contributed by atoms with Crippen molar-refractivity contribution < 1.29 is 73.6 Å². The summed E-state index contributed by atoms with van der Waals surface area (Å²) in [7, 11) is 0. The Morgan fingerprint density at radius 1 is 0.390 bits per heavy atom. The van der Waals surface area contributed by atoms with Crippen LogP contribution in [0, 0.1) is 87.3 Å². The highest BCUT2D eigenvalue weighted by atomic mass is 16.6. The molecule has 0 aromatic carbocycles. The highest BCUT2D eigenvalue weighted by Crippen LogP contribution is 2.49. The van der Waals surface area contributed by atoms with Crippen LogP contribution in [0.2, 0.25) is 0 Å². The zero-order chi connectivity index (χ0) is 77.3. The first-order chi connectivity index (χ1) is 49.5. The van der Waals surface area contributed by atoms with E-state index in [-0.39, 0.29) is 128 Å². The number of aliphatic hydroxyl groups is 6. The number of ether oxygens (including phenoxy) is 3. The number of amides is 3. The van der Waals surface area contributed by atoms with Crippen molar-refractivity contribution in [2.24, 2.45) is 87.3 Å². The topological polar surface area (TPSA) is 261 Å². The van der Waals surface area contributed by atoms with Crippen LogP contribution in [0.4, 0.5) is 0 Å². The van der Waals surface area contributed by atoms with Gasteiger partial charge in [0.1, 0.15) is 18.3 Å². The average Bonchev–Trinajstić information content (AvgIpc) is 1.79. The van der Waals surface area contributed by atoms with Gasteiger partial charge in [0.05, 0.1) is 72.1 Å². The normalized spacial score (nSPS) is 30.4. The molecule has 0 aromatic heterocycles. The van der Waals surface area contributed by atoms with Crippen molar-refractivity contribution in [3.63, 3.8) is 0 Å². The molecule has 3 fully saturated rings. The molecule has 0 bridgehead atoms. The fourth-order valence-electron chi connectivity index (χ4n) is 17.6. The van der Waals surface area contributed by atoms with Crippen molar-refractivity contribution in [3.8, 4) is 0 Å². The zero-order valence-corrected chi connectivity index (χ0v) is 67.2. The number of fused-ring (bicyclic) bond motifs is 3. The molecule has 0 spiro atoms. The van der Waals surface area contributed by atoms with Crippen molar-refractivity contribution in [2.75, 3.05) is 39.3 Å². The van der Waals surface area contributed by atoms with Gasteiger partial charge in [-0.3, -0.25) is 28.8 Å². The predicted molar refractivity (Wildman–Crippen MR) is 412 cm³/mol. The molecule has 9 aliphatic rings. The summed E-state index contributed by atoms with van der Waals surface area (Å²) in [5.41, 5.74) is 2.21. The number of esters is 3. The summed E-state index contributed by atoms with van der Waals surface area (Å²) in [6.07, 6.45) is 30.9. The second kappa shape index (κ2) is 40.1. The van der Waals surface area contributed by atoms with Crippen molar-refractivity contribution in [1.29, 1.82) is 0 Å². The monoisotopic (exact) mass is 1470 g/mol. The molecular formula is C87H141N3O15. The smallest absolute Gasteiger partial charge is 0.311 e. The molecule has 6 N–H and O–H groups in total. The number of carbonyl (C=O) groups is 6. The standard InChI is InChI=1S/3C29H47NO5/c3*1-6-29(4,5)28(34)35-25-16-19(2)15-21-10-9-20(3)24(27(21)25)12-11-22(31)17-23(32)18-26(33)30-13-7-8-14-30/h3*9-10,15,19-20,22-25,27,31-32H,6-8,11-14,16-18H2,1-5H3. The minimum absolute atomic E-state index is 0.0148. The molecule has 18 nitrogen and oxygen atoms in total. The van der Waals surface area contributed by atoms with Gasteiger partial charge in [0, 0.05) is 57.0 Å². The first kappa shape index (κ1) is 87.2. The molecule has 0 radical (unpaired) electrons. The van der Waals surface area contributed by atoms with Crippen LogP contribution in [0.3, 0.4) is 0 Å². The van der Waals surface area contributed by atoms with Crippen LogP contribution in [0.25, 0.3) is 0 Å². The van der Waals surface area contributed by atoms with Crippen LogP contribution in [-0.2, 0) is 43.0 Å². The van der Waals surface area contributed by atoms with Gasteiger partial charge in [-0.05, 0) is 246 Å². The minimum atomic E-state index is -0.822. The molecule has 0 aromatic rings. The van der Waals surface area contributed by atoms with Crippen LogP contribution >= 0.6 is 0 Å². The lowest BCUT2D eigenvalue weighted by molar-refractivity contribution is -0.165. The zero-order valence-electron chi connectivity index (χ0n) is 67.2. The first-order valence-electron chi connectivity index (χ1n) is 41.3. The van der Waals surface area contributed by atoms with Crippen molar-refractivity contribution >= 4 is 35.6 Å². The van der Waals surface area contributed by atoms with E-state index in [0.717, 1.165) is 136 Å². The molecule has 3 saturated heterocycles. The van der Waals surface area contributed by atoms with Crippen molar-refractivity contribution in [2.45, 2.75) is 313 Å². The summed E-state index contributed by atoms with van der Waals surface area (Å²) in [5.74, 6) is 2.62. The molecule has 6 aliphatic carbocycles. The fourth-order valence-corrected chi connectivity index (χ4v) is 17.6. The number of rotatable bonds is 30. The van der Waals surface area contributed by atoms with E-state index in [1.165, 1.54) is 16.7 Å². The first-order valence-corrected chi connectivity index (χ1v) is 41.3. The van der Waals surface area contributed by atoms with Gasteiger partial charge in [-0.25, -0.2) is 0 Å². The molecule has 105 heavy (non-hydrogen) atoms. The molecule has 594 valence electrons. The van der Waals surface area contributed by atoms with E-state index >= 15 is 0 Å². The molecule has 0 saturated carbocycles. The lowest BCUT2D eigenvalue weighted by Gasteiger charge is -2.44. The van der Waals surface area contributed by atoms with Gasteiger partial charge >= 0.3 is 17.9 Å². The van der Waals surface area contributed by atoms with Crippen molar-refractivity contribution in [3.05, 3.63) is 71.4 Å². The number of allylic oxidation sites excluding steroid dienone is 9. The van der Waals surface area contributed by atoms with E-state index in [9.17, 15) is 59.4 Å².